The summed E-state index contributed by atoms with van der Waals surface area (Å²) < 4.78 is 10.9. The third-order valence-corrected chi connectivity index (χ3v) is 3.14. The fourth-order valence-corrected chi connectivity index (χ4v) is 2.01. The zero-order valence-electron chi connectivity index (χ0n) is 15.5. The van der Waals surface area contributed by atoms with Crippen LogP contribution >= 0.6 is 11.6 Å². The van der Waals surface area contributed by atoms with Crippen LogP contribution in [0.4, 0.5) is 17.3 Å². The predicted molar refractivity (Wildman–Crippen MR) is 104 cm³/mol. The molecule has 1 aromatic carbocycles. The monoisotopic (exact) mass is 397 g/mol. The summed E-state index contributed by atoms with van der Waals surface area (Å²) in [7, 11) is 0. The van der Waals surface area contributed by atoms with Gasteiger partial charge in [0.2, 0.25) is 12.2 Å². The van der Waals surface area contributed by atoms with Gasteiger partial charge in [-0.25, -0.2) is 4.98 Å². The average molecular weight is 398 g/mol. The van der Waals surface area contributed by atoms with Crippen molar-refractivity contribution in [3.05, 3.63) is 45.3 Å². The molecule has 0 saturated heterocycles. The van der Waals surface area contributed by atoms with Gasteiger partial charge in [-0.3, -0.25) is 9.78 Å². The Morgan fingerprint density at radius 3 is 2.26 bits per heavy atom. The number of nitrogens with zero attached hydrogens (tertiary/aromatic N) is 3. The number of aliphatic hydroxyl groups is 1. The van der Waals surface area contributed by atoms with Gasteiger partial charge in [-0.2, -0.15) is 5.11 Å². The Morgan fingerprint density at radius 2 is 1.74 bits per heavy atom. The summed E-state index contributed by atoms with van der Waals surface area (Å²) in [6, 6.07) is 6.69. The number of azo groups is 1. The van der Waals surface area contributed by atoms with Gasteiger partial charge in [-0.1, -0.05) is 11.6 Å². The molecule has 1 heterocycles. The molecular weight excluding hydrogens is 374 g/mol. The molecule has 27 heavy (non-hydrogen) atoms. The van der Waals surface area contributed by atoms with Gasteiger partial charge in [0.25, 0.3) is 5.56 Å². The van der Waals surface area contributed by atoms with Crippen molar-refractivity contribution in [2.24, 2.45) is 10.2 Å². The summed E-state index contributed by atoms with van der Waals surface area (Å²) in [5, 5.41) is 16.2. The van der Waals surface area contributed by atoms with Crippen LogP contribution in [0.25, 0.3) is 0 Å². The largest absolute Gasteiger partial charge is 0.397 e. The van der Waals surface area contributed by atoms with Gasteiger partial charge < -0.3 is 20.3 Å². The number of halogens is 1. The number of aliphatic hydroxyl groups excluding tert-OH is 1. The third-order valence-electron chi connectivity index (χ3n) is 2.89. The Labute approximate surface area is 162 Å². The lowest BCUT2D eigenvalue weighted by molar-refractivity contribution is -0.142. The molecule has 0 bridgehead atoms. The number of H-pyrrole nitrogens is 1. The number of nitrogen functional groups attached to an aromatic ring is 1. The molecular formula is C17H24ClN5O4. The van der Waals surface area contributed by atoms with Crippen LogP contribution in [0.5, 0.6) is 0 Å². The number of nitrogens with one attached hydrogen (secondary N) is 1. The summed E-state index contributed by atoms with van der Waals surface area (Å²) in [5.74, 6) is -0.0511. The average Bonchev–Trinajstić information content (AvgIpc) is 2.62. The van der Waals surface area contributed by atoms with E-state index in [2.05, 4.69) is 20.2 Å². The van der Waals surface area contributed by atoms with Crippen LogP contribution in [-0.2, 0) is 9.47 Å². The van der Waals surface area contributed by atoms with E-state index in [1.54, 1.807) is 45.0 Å². The van der Waals surface area contributed by atoms with E-state index in [9.17, 15) is 4.79 Å². The van der Waals surface area contributed by atoms with E-state index in [0.717, 1.165) is 0 Å². The smallest absolute Gasteiger partial charge is 0.280 e. The van der Waals surface area contributed by atoms with Crippen molar-refractivity contribution in [1.82, 2.24) is 9.97 Å². The molecule has 0 spiro atoms. The van der Waals surface area contributed by atoms with Crippen LogP contribution in [0.2, 0.25) is 5.02 Å². The number of hydrogen-bond acceptors (Lipinski definition) is 8. The predicted octanol–water partition coefficient (Wildman–Crippen LogP) is 3.49. The quantitative estimate of drug-likeness (QED) is 0.483. The number of rotatable bonds is 7. The third kappa shape index (κ3) is 7.43. The minimum Gasteiger partial charge on any atom is -0.397 e. The minimum atomic E-state index is -0.858. The molecule has 0 aliphatic rings. The minimum absolute atomic E-state index is 0.0222. The first-order chi connectivity index (χ1) is 13.0. The van der Waals surface area contributed by atoms with Crippen LogP contribution in [0.1, 0.15) is 32.8 Å². The fraction of sp³-hybridized carbons (Fsp3) is 0.412. The van der Waals surface area contributed by atoms with Crippen molar-refractivity contribution < 1.29 is 14.6 Å². The topological polar surface area (TPSA) is 135 Å². The van der Waals surface area contributed by atoms with E-state index in [1.165, 1.54) is 0 Å². The lowest BCUT2D eigenvalue weighted by Crippen LogP contribution is -2.19. The number of benzene rings is 1. The van der Waals surface area contributed by atoms with Gasteiger partial charge >= 0.3 is 0 Å². The molecule has 2 rings (SSSR count). The van der Waals surface area contributed by atoms with E-state index in [-0.39, 0.29) is 23.9 Å². The highest BCUT2D eigenvalue weighted by molar-refractivity contribution is 6.30. The molecule has 9 nitrogen and oxygen atoms in total. The Morgan fingerprint density at radius 1 is 1.19 bits per heavy atom. The molecule has 10 heteroatoms. The van der Waals surface area contributed by atoms with E-state index in [1.807, 2.05) is 0 Å². The lowest BCUT2D eigenvalue weighted by Gasteiger charge is -2.17. The molecule has 2 aromatic rings. The van der Waals surface area contributed by atoms with Gasteiger partial charge in [0, 0.05) is 24.8 Å². The first kappa shape index (κ1) is 22.7. The van der Waals surface area contributed by atoms with Gasteiger partial charge in [-0.05, 0) is 45.0 Å². The number of nitrogens with two attached hydrogens (primary N) is 1. The summed E-state index contributed by atoms with van der Waals surface area (Å²) >= 11 is 5.82. The van der Waals surface area contributed by atoms with Crippen molar-refractivity contribution in [2.45, 2.75) is 27.1 Å². The van der Waals surface area contributed by atoms with Crippen LogP contribution in [0, 0.1) is 0 Å². The number of ether oxygens (including phenoxy) is 2. The second-order valence-electron chi connectivity index (χ2n) is 4.92. The maximum atomic E-state index is 12.2. The number of aromatic nitrogens is 2. The maximum Gasteiger partial charge on any atom is 0.280 e. The number of hydrogen-bond donors (Lipinski definition) is 3. The standard InChI is InChI=1S/C15H18ClN5O3.C2H6O/c1-3-23-14(24-4-2)12-11(13(22)19-15(17)18-12)21-20-10-7-5-9(16)6-8-10;1-2-3/h5-8,14H,3-4H2,1-2H3,(H3,17,18,19,22);3H,2H2,1H3. The van der Waals surface area contributed by atoms with Crippen molar-refractivity contribution >= 4 is 28.9 Å². The molecule has 0 radical (unpaired) electrons. The summed E-state index contributed by atoms with van der Waals surface area (Å²) in [4.78, 5) is 18.7. The molecule has 4 N–H and O–H groups in total. The highest BCUT2D eigenvalue weighted by Crippen LogP contribution is 2.26. The van der Waals surface area contributed by atoms with Gasteiger partial charge in [0.05, 0.1) is 5.69 Å². The molecule has 0 fully saturated rings. The van der Waals surface area contributed by atoms with Crippen molar-refractivity contribution in [3.8, 4) is 0 Å². The van der Waals surface area contributed by atoms with Crippen LogP contribution in [0.15, 0.2) is 39.3 Å². The second-order valence-corrected chi connectivity index (χ2v) is 5.36. The molecule has 0 unspecified atom stereocenters. The zero-order valence-corrected chi connectivity index (χ0v) is 16.2. The van der Waals surface area contributed by atoms with Gasteiger partial charge in [0.1, 0.15) is 5.69 Å². The first-order valence-electron chi connectivity index (χ1n) is 8.37. The van der Waals surface area contributed by atoms with Crippen molar-refractivity contribution in [1.29, 1.82) is 0 Å². The highest BCUT2D eigenvalue weighted by Gasteiger charge is 2.21. The van der Waals surface area contributed by atoms with E-state index in [4.69, 9.17) is 31.9 Å². The van der Waals surface area contributed by atoms with Gasteiger partial charge in [0.15, 0.2) is 5.69 Å². The SMILES string of the molecule is CCO.CCOC(OCC)c1nc(N)[nH]c(=O)c1N=Nc1ccc(Cl)cc1. The molecule has 0 aliphatic heterocycles. The first-order valence-corrected chi connectivity index (χ1v) is 8.75. The van der Waals surface area contributed by atoms with Crippen LogP contribution < -0.4 is 11.3 Å². The number of anilines is 1. The molecule has 0 amide bonds. The summed E-state index contributed by atoms with van der Waals surface area (Å²) in [6.07, 6.45) is -0.858. The normalized spacial score (nSPS) is 10.9. The summed E-state index contributed by atoms with van der Waals surface area (Å²) in [5.41, 5.74) is 5.78. The second kappa shape index (κ2) is 12.1. The van der Waals surface area contributed by atoms with Crippen molar-refractivity contribution in [2.75, 3.05) is 25.6 Å². The summed E-state index contributed by atoms with van der Waals surface area (Å²) in [6.45, 7) is 6.27. The maximum absolute atomic E-state index is 12.2. The van der Waals surface area contributed by atoms with Gasteiger partial charge in [-0.15, -0.1) is 5.11 Å². The fourth-order valence-electron chi connectivity index (χ4n) is 1.89. The van der Waals surface area contributed by atoms with Crippen LogP contribution in [0.3, 0.4) is 0 Å². The van der Waals surface area contributed by atoms with Crippen LogP contribution in [-0.4, -0.2) is 34.9 Å². The Hall–Kier alpha value is -2.33. The molecule has 1 aromatic heterocycles. The molecule has 0 aliphatic carbocycles. The Balaban J connectivity index is 0.00000114. The van der Waals surface area contributed by atoms with E-state index in [0.29, 0.717) is 23.9 Å². The molecule has 0 saturated carbocycles. The lowest BCUT2D eigenvalue weighted by atomic mass is 10.3. The Kier molecular flexibility index (Phi) is 10.2. The zero-order chi connectivity index (χ0) is 20.2. The number of aromatic amines is 1. The van der Waals surface area contributed by atoms with E-state index < -0.39 is 11.8 Å². The molecule has 0 atom stereocenters. The molecule has 148 valence electrons. The Bertz CT molecular complexity index is 774. The van der Waals surface area contributed by atoms with E-state index >= 15 is 0 Å². The highest BCUT2D eigenvalue weighted by atomic mass is 35.5. The van der Waals surface area contributed by atoms with Crippen molar-refractivity contribution in [3.63, 3.8) is 0 Å².